The molecule has 1 saturated heterocycles. The van der Waals surface area contributed by atoms with Crippen LogP contribution in [0.4, 0.5) is 4.79 Å². The molecular weight excluding hydrogens is 508 g/mol. The fourth-order valence-corrected chi connectivity index (χ4v) is 5.31. The molecule has 0 bridgehead atoms. The van der Waals surface area contributed by atoms with Crippen molar-refractivity contribution in [2.75, 3.05) is 13.1 Å². The van der Waals surface area contributed by atoms with Crippen molar-refractivity contribution >= 4 is 39.8 Å². The van der Waals surface area contributed by atoms with Gasteiger partial charge in [-0.3, -0.25) is 14.6 Å². The lowest BCUT2D eigenvalue weighted by atomic mass is 9.85. The van der Waals surface area contributed by atoms with Gasteiger partial charge in [0.05, 0.1) is 11.6 Å². The minimum Gasteiger partial charge on any atom is -0.481 e. The van der Waals surface area contributed by atoms with E-state index in [1.165, 1.54) is 4.90 Å². The van der Waals surface area contributed by atoms with Crippen LogP contribution < -0.4 is 5.32 Å². The van der Waals surface area contributed by atoms with Crippen molar-refractivity contribution in [1.82, 2.24) is 19.8 Å². The number of benzene rings is 2. The molecule has 2 N–H and O–H groups in total. The second-order valence-electron chi connectivity index (χ2n) is 11.8. The van der Waals surface area contributed by atoms with Gasteiger partial charge in [-0.05, 0) is 76.6 Å². The Morgan fingerprint density at radius 3 is 2.60 bits per heavy atom. The molecular formula is C31H34N4O5. The predicted molar refractivity (Wildman–Crippen MR) is 152 cm³/mol. The molecule has 4 aromatic rings. The SMILES string of the molecule is Cc1cc(Cn2ccc3cc(C(=O)NC4CN(C(=O)OC(C)(C)C)CC4(C)C(=O)O)ccc32)c2ccccc2n1. The highest BCUT2D eigenvalue weighted by Crippen LogP contribution is 2.32. The average Bonchev–Trinajstić information content (AvgIpc) is 3.44. The second kappa shape index (κ2) is 9.97. The summed E-state index contributed by atoms with van der Waals surface area (Å²) in [5, 5.41) is 14.8. The number of fused-ring (bicyclic) bond motifs is 2. The Labute approximate surface area is 232 Å². The molecule has 2 unspecified atom stereocenters. The molecule has 40 heavy (non-hydrogen) atoms. The van der Waals surface area contributed by atoms with Crippen LogP contribution in [-0.2, 0) is 16.1 Å². The Balaban J connectivity index is 1.36. The Morgan fingerprint density at radius 2 is 1.88 bits per heavy atom. The highest BCUT2D eigenvalue weighted by Gasteiger charge is 2.51. The van der Waals surface area contributed by atoms with E-state index in [0.717, 1.165) is 33.1 Å². The number of nitrogens with one attached hydrogen (secondary N) is 1. The van der Waals surface area contributed by atoms with Gasteiger partial charge < -0.3 is 24.6 Å². The normalized spacial score (nSPS) is 19.2. The smallest absolute Gasteiger partial charge is 0.410 e. The summed E-state index contributed by atoms with van der Waals surface area (Å²) in [5.74, 6) is -1.48. The quantitative estimate of drug-likeness (QED) is 0.368. The third-order valence-electron chi connectivity index (χ3n) is 7.44. The topological polar surface area (TPSA) is 114 Å². The van der Waals surface area contributed by atoms with Crippen LogP contribution in [0.1, 0.15) is 49.3 Å². The van der Waals surface area contributed by atoms with Crippen molar-refractivity contribution < 1.29 is 24.2 Å². The summed E-state index contributed by atoms with van der Waals surface area (Å²) in [6.45, 7) is 9.41. The van der Waals surface area contributed by atoms with E-state index in [0.29, 0.717) is 12.1 Å². The average molecular weight is 543 g/mol. The molecule has 0 aliphatic carbocycles. The predicted octanol–water partition coefficient (Wildman–Crippen LogP) is 4.99. The van der Waals surface area contributed by atoms with E-state index in [1.54, 1.807) is 39.8 Å². The van der Waals surface area contributed by atoms with Gasteiger partial charge in [0.25, 0.3) is 5.91 Å². The number of aryl methyl sites for hydroxylation is 1. The maximum absolute atomic E-state index is 13.3. The highest BCUT2D eigenvalue weighted by atomic mass is 16.6. The maximum Gasteiger partial charge on any atom is 0.410 e. The van der Waals surface area contributed by atoms with Gasteiger partial charge in [-0.15, -0.1) is 0 Å². The van der Waals surface area contributed by atoms with Gasteiger partial charge in [-0.25, -0.2) is 4.79 Å². The first-order valence-corrected chi connectivity index (χ1v) is 13.3. The summed E-state index contributed by atoms with van der Waals surface area (Å²) in [6, 6.07) is 16.8. The number of rotatable bonds is 5. The standard InChI is InChI=1S/C31H34N4O5/c1-19-14-22(23-8-6-7-9-24(23)32-19)16-34-13-12-20-15-21(10-11-25(20)34)27(36)33-26-17-35(18-31(26,5)28(37)38)29(39)40-30(2,3)4/h6-15,26H,16-18H2,1-5H3,(H,33,36)(H,37,38). The third kappa shape index (κ3) is 5.23. The molecule has 5 rings (SSSR count). The van der Waals surface area contributed by atoms with Crippen LogP contribution in [0.25, 0.3) is 21.8 Å². The first-order chi connectivity index (χ1) is 18.8. The molecule has 9 nitrogen and oxygen atoms in total. The zero-order valence-electron chi connectivity index (χ0n) is 23.4. The zero-order valence-corrected chi connectivity index (χ0v) is 23.4. The van der Waals surface area contributed by atoms with E-state index in [4.69, 9.17) is 4.74 Å². The largest absolute Gasteiger partial charge is 0.481 e. The van der Waals surface area contributed by atoms with E-state index >= 15 is 0 Å². The second-order valence-corrected chi connectivity index (χ2v) is 11.8. The van der Waals surface area contributed by atoms with Gasteiger partial charge in [0.1, 0.15) is 11.0 Å². The number of hydrogen-bond donors (Lipinski definition) is 2. The molecule has 2 atom stereocenters. The number of amides is 2. The van der Waals surface area contributed by atoms with Crippen LogP contribution >= 0.6 is 0 Å². The molecule has 2 amide bonds. The Kier molecular flexibility index (Phi) is 6.77. The van der Waals surface area contributed by atoms with Gasteiger partial charge in [-0.1, -0.05) is 18.2 Å². The first kappa shape index (κ1) is 27.2. The van der Waals surface area contributed by atoms with Gasteiger partial charge in [0.2, 0.25) is 0 Å². The molecule has 9 heteroatoms. The Morgan fingerprint density at radius 1 is 1.12 bits per heavy atom. The van der Waals surface area contributed by atoms with Crippen molar-refractivity contribution in [3.05, 3.63) is 77.6 Å². The molecule has 2 aromatic carbocycles. The first-order valence-electron chi connectivity index (χ1n) is 13.3. The number of aromatic nitrogens is 2. The number of carboxylic acids is 1. The van der Waals surface area contributed by atoms with Gasteiger partial charge in [-0.2, -0.15) is 0 Å². The van der Waals surface area contributed by atoms with Gasteiger partial charge in [0, 0.05) is 53.4 Å². The van der Waals surface area contributed by atoms with Crippen molar-refractivity contribution in [3.8, 4) is 0 Å². The number of nitrogens with zero attached hydrogens (tertiary/aromatic N) is 3. The van der Waals surface area contributed by atoms with Crippen LogP contribution in [0.3, 0.4) is 0 Å². The summed E-state index contributed by atoms with van der Waals surface area (Å²) in [7, 11) is 0. The molecule has 1 aliphatic heterocycles. The minimum atomic E-state index is -1.36. The van der Waals surface area contributed by atoms with Crippen LogP contribution in [-0.4, -0.2) is 62.3 Å². The Bertz CT molecular complexity index is 1640. The summed E-state index contributed by atoms with van der Waals surface area (Å²) in [6.07, 6.45) is 1.39. The molecule has 3 heterocycles. The number of hydrogen-bond acceptors (Lipinski definition) is 5. The van der Waals surface area contributed by atoms with Crippen molar-refractivity contribution in [2.45, 2.75) is 52.8 Å². The zero-order chi connectivity index (χ0) is 28.8. The summed E-state index contributed by atoms with van der Waals surface area (Å²) < 4.78 is 7.57. The van der Waals surface area contributed by atoms with Crippen LogP contribution in [0.15, 0.2) is 60.8 Å². The lowest BCUT2D eigenvalue weighted by Gasteiger charge is -2.26. The van der Waals surface area contributed by atoms with Crippen LogP contribution in [0.5, 0.6) is 0 Å². The van der Waals surface area contributed by atoms with E-state index in [1.807, 2.05) is 43.5 Å². The van der Waals surface area contributed by atoms with Crippen molar-refractivity contribution in [3.63, 3.8) is 0 Å². The molecule has 2 aromatic heterocycles. The number of para-hydroxylation sites is 1. The van der Waals surface area contributed by atoms with E-state index < -0.39 is 35.0 Å². The lowest BCUT2D eigenvalue weighted by molar-refractivity contribution is -0.147. The number of carboxylic acid groups (broad SMARTS) is 1. The molecule has 0 saturated carbocycles. The number of ether oxygens (including phenoxy) is 1. The molecule has 0 radical (unpaired) electrons. The maximum atomic E-state index is 13.3. The summed E-state index contributed by atoms with van der Waals surface area (Å²) >= 11 is 0. The minimum absolute atomic E-state index is 0.0430. The molecule has 1 aliphatic rings. The number of pyridine rings is 1. The summed E-state index contributed by atoms with van der Waals surface area (Å²) in [5.41, 5.74) is 2.39. The molecule has 0 spiro atoms. The fourth-order valence-electron chi connectivity index (χ4n) is 5.31. The number of carbonyl (C=O) groups excluding carboxylic acids is 2. The van der Waals surface area contributed by atoms with Crippen LogP contribution in [0.2, 0.25) is 0 Å². The van der Waals surface area contributed by atoms with Crippen LogP contribution in [0, 0.1) is 12.3 Å². The highest BCUT2D eigenvalue weighted by molar-refractivity contribution is 5.99. The molecule has 208 valence electrons. The monoisotopic (exact) mass is 542 g/mol. The van der Waals surface area contributed by atoms with Crippen molar-refractivity contribution in [2.24, 2.45) is 5.41 Å². The van der Waals surface area contributed by atoms with Gasteiger partial charge in [0.15, 0.2) is 0 Å². The van der Waals surface area contributed by atoms with Crippen molar-refractivity contribution in [1.29, 1.82) is 0 Å². The number of carbonyl (C=O) groups is 3. The number of likely N-dealkylation sites (tertiary alicyclic amines) is 1. The van der Waals surface area contributed by atoms with E-state index in [9.17, 15) is 19.5 Å². The number of aliphatic carboxylic acids is 1. The van der Waals surface area contributed by atoms with Gasteiger partial charge >= 0.3 is 12.1 Å². The Hall–Kier alpha value is -4.40. The third-order valence-corrected chi connectivity index (χ3v) is 7.44. The fraction of sp³-hybridized carbons (Fsp3) is 0.355. The van der Waals surface area contributed by atoms with E-state index in [2.05, 4.69) is 27.0 Å². The molecule has 1 fully saturated rings. The lowest BCUT2D eigenvalue weighted by Crippen LogP contribution is -2.49. The summed E-state index contributed by atoms with van der Waals surface area (Å²) in [4.78, 5) is 44.1. The van der Waals surface area contributed by atoms with E-state index in [-0.39, 0.29) is 13.1 Å².